The van der Waals surface area contributed by atoms with Crippen LogP contribution in [0.4, 0.5) is 0 Å². The van der Waals surface area contributed by atoms with Crippen molar-refractivity contribution in [3.05, 3.63) is 134 Å². The normalized spacial score (nSPS) is 13.1. The summed E-state index contributed by atoms with van der Waals surface area (Å²) in [6.45, 7) is 6.31. The predicted molar refractivity (Wildman–Crippen MR) is 325 cm³/mol. The number of unbranched alkanes of at least 4 members (excludes halogenated alkanes) is 21. The zero-order valence-corrected chi connectivity index (χ0v) is 48.5. The SMILES string of the molecule is CC/C=C\C/C=C\C/C=C\C/C=C\CCCCCCCCCCCCCCC(=O)OCC(COC(=O)CC/C=C\C/C=C\C/C=C\C/C=C\CC)OC(=O)CCCCCCCC/C=C\C/C=C\C/C=C\CCCCC. The molecule has 0 amide bonds. The molecular weight excluding hydrogens is 925 g/mol. The minimum absolute atomic E-state index is 0.110. The molecular formula is C69H112O6. The Morgan fingerprint density at radius 1 is 0.280 bits per heavy atom. The number of rotatable bonds is 54. The molecule has 1 atom stereocenters. The van der Waals surface area contributed by atoms with Gasteiger partial charge in [0.2, 0.25) is 0 Å². The molecule has 0 N–H and O–H groups in total. The Morgan fingerprint density at radius 3 is 0.893 bits per heavy atom. The van der Waals surface area contributed by atoms with E-state index in [9.17, 15) is 14.4 Å². The molecule has 0 heterocycles. The summed E-state index contributed by atoms with van der Waals surface area (Å²) in [5.74, 6) is -1.01. The number of esters is 3. The first-order valence-corrected chi connectivity index (χ1v) is 30.7. The molecule has 0 aliphatic heterocycles. The van der Waals surface area contributed by atoms with E-state index in [1.54, 1.807) is 0 Å². The zero-order valence-electron chi connectivity index (χ0n) is 48.5. The number of hydrogen-bond donors (Lipinski definition) is 0. The molecule has 0 aliphatic rings. The van der Waals surface area contributed by atoms with E-state index in [-0.39, 0.29) is 37.5 Å². The molecule has 424 valence electrons. The second-order valence-corrected chi connectivity index (χ2v) is 19.8. The summed E-state index contributed by atoms with van der Waals surface area (Å²) in [5.41, 5.74) is 0. The topological polar surface area (TPSA) is 78.9 Å². The summed E-state index contributed by atoms with van der Waals surface area (Å²) in [7, 11) is 0. The van der Waals surface area contributed by atoms with Crippen LogP contribution in [-0.4, -0.2) is 37.2 Å². The van der Waals surface area contributed by atoms with Crippen LogP contribution in [-0.2, 0) is 28.6 Å². The minimum Gasteiger partial charge on any atom is -0.462 e. The fraction of sp³-hybridized carbons (Fsp3) is 0.638. The number of carbonyl (C=O) groups excluding carboxylic acids is 3. The molecule has 0 bridgehead atoms. The largest absolute Gasteiger partial charge is 0.462 e. The van der Waals surface area contributed by atoms with Gasteiger partial charge in [-0.15, -0.1) is 0 Å². The van der Waals surface area contributed by atoms with Crippen molar-refractivity contribution in [2.45, 2.75) is 271 Å². The summed E-state index contributed by atoms with van der Waals surface area (Å²) in [6.07, 6.45) is 87.5. The summed E-state index contributed by atoms with van der Waals surface area (Å²) >= 11 is 0. The average molecular weight is 1040 g/mol. The molecule has 75 heavy (non-hydrogen) atoms. The van der Waals surface area contributed by atoms with E-state index in [1.165, 1.54) is 103 Å². The number of ether oxygens (including phenoxy) is 3. The maximum Gasteiger partial charge on any atom is 0.306 e. The van der Waals surface area contributed by atoms with E-state index < -0.39 is 6.10 Å². The fourth-order valence-corrected chi connectivity index (χ4v) is 8.10. The molecule has 0 rings (SSSR count). The van der Waals surface area contributed by atoms with Gasteiger partial charge in [-0.2, -0.15) is 0 Å². The van der Waals surface area contributed by atoms with Crippen molar-refractivity contribution < 1.29 is 28.6 Å². The molecule has 0 aromatic carbocycles. The minimum atomic E-state index is -0.820. The summed E-state index contributed by atoms with van der Waals surface area (Å²) in [4.78, 5) is 38.2. The molecule has 0 aliphatic carbocycles. The third-order valence-electron chi connectivity index (χ3n) is 12.6. The van der Waals surface area contributed by atoms with Gasteiger partial charge in [0.25, 0.3) is 0 Å². The first-order chi connectivity index (χ1) is 37.0. The Labute approximate surface area is 462 Å². The van der Waals surface area contributed by atoms with Gasteiger partial charge in [-0.25, -0.2) is 0 Å². The number of carbonyl (C=O) groups is 3. The number of hydrogen-bond acceptors (Lipinski definition) is 6. The van der Waals surface area contributed by atoms with Crippen molar-refractivity contribution in [3.63, 3.8) is 0 Å². The lowest BCUT2D eigenvalue weighted by molar-refractivity contribution is -0.166. The highest BCUT2D eigenvalue weighted by atomic mass is 16.6. The lowest BCUT2D eigenvalue weighted by Crippen LogP contribution is -2.30. The lowest BCUT2D eigenvalue weighted by Gasteiger charge is -2.18. The zero-order chi connectivity index (χ0) is 54.3. The summed E-state index contributed by atoms with van der Waals surface area (Å²) < 4.78 is 16.8. The van der Waals surface area contributed by atoms with Gasteiger partial charge < -0.3 is 14.2 Å². The molecule has 0 spiro atoms. The van der Waals surface area contributed by atoms with Crippen LogP contribution < -0.4 is 0 Å². The van der Waals surface area contributed by atoms with Gasteiger partial charge in [-0.3, -0.25) is 14.4 Å². The van der Waals surface area contributed by atoms with Crippen molar-refractivity contribution >= 4 is 17.9 Å². The average Bonchev–Trinajstić information content (AvgIpc) is 3.41. The van der Waals surface area contributed by atoms with Gasteiger partial charge in [0.15, 0.2) is 6.10 Å². The molecule has 6 nitrogen and oxygen atoms in total. The van der Waals surface area contributed by atoms with Gasteiger partial charge in [0, 0.05) is 19.3 Å². The molecule has 0 aromatic heterocycles. The third-order valence-corrected chi connectivity index (χ3v) is 12.6. The van der Waals surface area contributed by atoms with Crippen molar-refractivity contribution in [2.24, 2.45) is 0 Å². The second kappa shape index (κ2) is 62.1. The quantitative estimate of drug-likeness (QED) is 0.0261. The Bertz CT molecular complexity index is 1620. The van der Waals surface area contributed by atoms with Crippen molar-refractivity contribution in [2.75, 3.05) is 13.2 Å². The van der Waals surface area contributed by atoms with Gasteiger partial charge in [0.05, 0.1) is 0 Å². The van der Waals surface area contributed by atoms with Gasteiger partial charge in [-0.05, 0) is 122 Å². The van der Waals surface area contributed by atoms with E-state index in [0.29, 0.717) is 19.3 Å². The molecule has 0 radical (unpaired) electrons. The summed E-state index contributed by atoms with van der Waals surface area (Å²) in [5, 5.41) is 0. The Balaban J connectivity index is 4.40. The highest BCUT2D eigenvalue weighted by Crippen LogP contribution is 2.15. The Morgan fingerprint density at radius 2 is 0.547 bits per heavy atom. The molecule has 0 saturated carbocycles. The van der Waals surface area contributed by atoms with E-state index in [4.69, 9.17) is 14.2 Å². The highest BCUT2D eigenvalue weighted by molar-refractivity contribution is 5.71. The Hall–Kier alpha value is -4.45. The van der Waals surface area contributed by atoms with E-state index in [1.807, 2.05) is 6.08 Å². The van der Waals surface area contributed by atoms with Crippen LogP contribution in [0.5, 0.6) is 0 Å². The van der Waals surface area contributed by atoms with Crippen LogP contribution >= 0.6 is 0 Å². The van der Waals surface area contributed by atoms with Gasteiger partial charge in [0.1, 0.15) is 13.2 Å². The highest BCUT2D eigenvalue weighted by Gasteiger charge is 2.19. The van der Waals surface area contributed by atoms with Crippen molar-refractivity contribution in [3.8, 4) is 0 Å². The van der Waals surface area contributed by atoms with Crippen LogP contribution in [0.1, 0.15) is 265 Å². The smallest absolute Gasteiger partial charge is 0.306 e. The van der Waals surface area contributed by atoms with E-state index >= 15 is 0 Å². The molecule has 0 saturated heterocycles. The van der Waals surface area contributed by atoms with Crippen LogP contribution in [0.25, 0.3) is 0 Å². The third kappa shape index (κ3) is 60.3. The maximum atomic E-state index is 12.9. The van der Waals surface area contributed by atoms with Gasteiger partial charge in [-0.1, -0.05) is 257 Å². The molecule has 6 heteroatoms. The van der Waals surface area contributed by atoms with Crippen molar-refractivity contribution in [1.82, 2.24) is 0 Å². The predicted octanol–water partition coefficient (Wildman–Crippen LogP) is 21.0. The standard InChI is InChI=1S/C69H112O6/c1-4-7-10-13-16-19-22-25-27-29-31-32-33-34-35-36-38-39-41-44-47-50-53-56-59-62-68(71)74-65-66(64-73-67(70)61-58-55-52-49-46-43-24-21-18-15-12-9-6-3)75-69(72)63-60-57-54-51-48-45-42-40-37-30-28-26-23-20-17-14-11-8-5-2/h7,9-10,12,16-21,25-28,31-32,37,40,43,46,52,55,66H,4-6,8,11,13-15,22-24,29-30,33-36,38-39,41-42,44-45,47-51,53-54,56-65H2,1-3H3/b10-7-,12-9-,19-16-,20-17-,21-18-,27-25-,28-26-,32-31-,40-37-,46-43-,55-52-. The number of allylic oxidation sites excluding steroid dienone is 22. The van der Waals surface area contributed by atoms with E-state index in [2.05, 4.69) is 148 Å². The Kier molecular flexibility index (Phi) is 58.4. The maximum absolute atomic E-state index is 12.9. The van der Waals surface area contributed by atoms with Gasteiger partial charge >= 0.3 is 17.9 Å². The first-order valence-electron chi connectivity index (χ1n) is 30.7. The molecule has 0 aromatic rings. The fourth-order valence-electron chi connectivity index (χ4n) is 8.10. The van der Waals surface area contributed by atoms with Crippen LogP contribution in [0.15, 0.2) is 134 Å². The van der Waals surface area contributed by atoms with Crippen molar-refractivity contribution in [1.29, 1.82) is 0 Å². The van der Waals surface area contributed by atoms with Crippen LogP contribution in [0.3, 0.4) is 0 Å². The second-order valence-electron chi connectivity index (χ2n) is 19.8. The van der Waals surface area contributed by atoms with Crippen LogP contribution in [0, 0.1) is 0 Å². The summed E-state index contributed by atoms with van der Waals surface area (Å²) in [6, 6.07) is 0. The molecule has 1 unspecified atom stereocenters. The van der Waals surface area contributed by atoms with Crippen LogP contribution in [0.2, 0.25) is 0 Å². The lowest BCUT2D eigenvalue weighted by atomic mass is 10.0. The monoisotopic (exact) mass is 1040 g/mol. The van der Waals surface area contributed by atoms with E-state index in [0.717, 1.165) is 116 Å². The molecule has 0 fully saturated rings. The first kappa shape index (κ1) is 70.5.